The number of benzene rings is 1. The summed E-state index contributed by atoms with van der Waals surface area (Å²) in [6.07, 6.45) is 0.772. The SMILES string of the molecule is COc1ccc(N2CCN(C[C@H](O)CN3CCCN(c4nc(C)ns4)CC3)CC2)cc1. The highest BCUT2D eigenvalue weighted by molar-refractivity contribution is 7.09. The number of aromatic nitrogens is 2. The maximum absolute atomic E-state index is 10.7. The number of β-amino-alcohol motifs (C(OH)–C–C–N with tert-alkyl or cyclic N) is 1. The van der Waals surface area contributed by atoms with E-state index in [2.05, 4.69) is 41.1 Å². The van der Waals surface area contributed by atoms with E-state index in [1.807, 2.05) is 19.1 Å². The smallest absolute Gasteiger partial charge is 0.205 e. The molecule has 0 amide bonds. The van der Waals surface area contributed by atoms with E-state index in [0.717, 1.165) is 88.6 Å². The first-order valence-corrected chi connectivity index (χ1v) is 11.9. The van der Waals surface area contributed by atoms with Crippen LogP contribution in [0, 0.1) is 6.92 Å². The highest BCUT2D eigenvalue weighted by atomic mass is 32.1. The van der Waals surface area contributed by atoms with E-state index in [4.69, 9.17) is 4.74 Å². The number of piperazine rings is 1. The lowest BCUT2D eigenvalue weighted by Gasteiger charge is -2.37. The molecule has 4 rings (SSSR count). The number of aliphatic hydroxyl groups is 1. The highest BCUT2D eigenvalue weighted by Crippen LogP contribution is 2.21. The van der Waals surface area contributed by atoms with Gasteiger partial charge < -0.3 is 19.6 Å². The molecule has 8 nitrogen and oxygen atoms in total. The summed E-state index contributed by atoms with van der Waals surface area (Å²) in [5, 5.41) is 11.8. The Morgan fingerprint density at radius 2 is 1.58 bits per heavy atom. The Kier molecular flexibility index (Phi) is 7.60. The third-order valence-electron chi connectivity index (χ3n) is 6.12. The minimum Gasteiger partial charge on any atom is -0.497 e. The van der Waals surface area contributed by atoms with Crippen molar-refractivity contribution < 1.29 is 9.84 Å². The molecular weight excluding hydrogens is 412 g/mol. The molecular formula is C22H34N6O2S. The second-order valence-corrected chi connectivity index (χ2v) is 9.14. The number of aryl methyl sites for hydroxylation is 1. The predicted molar refractivity (Wildman–Crippen MR) is 126 cm³/mol. The first kappa shape index (κ1) is 22.3. The maximum Gasteiger partial charge on any atom is 0.205 e. The molecule has 0 saturated carbocycles. The van der Waals surface area contributed by atoms with Gasteiger partial charge in [0.1, 0.15) is 11.6 Å². The molecule has 9 heteroatoms. The van der Waals surface area contributed by atoms with Crippen molar-refractivity contribution in [3.05, 3.63) is 30.1 Å². The van der Waals surface area contributed by atoms with E-state index in [1.54, 1.807) is 7.11 Å². The summed E-state index contributed by atoms with van der Waals surface area (Å²) < 4.78 is 9.56. The fraction of sp³-hybridized carbons (Fsp3) is 0.636. The number of ether oxygens (including phenoxy) is 1. The van der Waals surface area contributed by atoms with Gasteiger partial charge in [-0.05, 0) is 44.2 Å². The molecule has 2 aliphatic heterocycles. The van der Waals surface area contributed by atoms with Crippen LogP contribution in [0.2, 0.25) is 0 Å². The first-order valence-electron chi connectivity index (χ1n) is 11.2. The van der Waals surface area contributed by atoms with Crippen LogP contribution in [0.15, 0.2) is 24.3 Å². The molecule has 0 bridgehead atoms. The van der Waals surface area contributed by atoms with Crippen LogP contribution in [-0.2, 0) is 0 Å². The Morgan fingerprint density at radius 1 is 0.935 bits per heavy atom. The second kappa shape index (κ2) is 10.6. The van der Waals surface area contributed by atoms with Crippen molar-refractivity contribution in [3.63, 3.8) is 0 Å². The summed E-state index contributed by atoms with van der Waals surface area (Å²) >= 11 is 1.48. The van der Waals surface area contributed by atoms with Crippen LogP contribution < -0.4 is 14.5 Å². The summed E-state index contributed by atoms with van der Waals surface area (Å²) in [6, 6.07) is 8.27. The van der Waals surface area contributed by atoms with Crippen molar-refractivity contribution in [1.82, 2.24) is 19.2 Å². The van der Waals surface area contributed by atoms with Crippen LogP contribution in [0.25, 0.3) is 0 Å². The highest BCUT2D eigenvalue weighted by Gasteiger charge is 2.23. The Morgan fingerprint density at radius 3 is 2.19 bits per heavy atom. The van der Waals surface area contributed by atoms with E-state index in [1.165, 1.54) is 17.2 Å². The summed E-state index contributed by atoms with van der Waals surface area (Å²) in [4.78, 5) is 14.0. The third-order valence-corrected chi connectivity index (χ3v) is 6.99. The molecule has 0 unspecified atom stereocenters. The standard InChI is InChI=1S/C22H34N6O2S/c1-18-23-22(31-24-18)28-9-3-8-25(12-15-28)16-20(29)17-26-10-13-27(14-11-26)19-4-6-21(30-2)7-5-19/h4-7,20,29H,3,8-17H2,1-2H3/t20-/m1/s1. The average Bonchev–Trinajstić information content (AvgIpc) is 3.09. The van der Waals surface area contributed by atoms with Gasteiger partial charge in [-0.3, -0.25) is 9.80 Å². The summed E-state index contributed by atoms with van der Waals surface area (Å²) in [5.74, 6) is 1.74. The van der Waals surface area contributed by atoms with Gasteiger partial charge >= 0.3 is 0 Å². The number of hydrogen-bond acceptors (Lipinski definition) is 9. The minimum absolute atomic E-state index is 0.317. The molecule has 0 aliphatic carbocycles. The number of hydrogen-bond donors (Lipinski definition) is 1. The number of methoxy groups -OCH3 is 1. The molecule has 0 radical (unpaired) electrons. The fourth-order valence-electron chi connectivity index (χ4n) is 4.39. The van der Waals surface area contributed by atoms with E-state index in [9.17, 15) is 5.11 Å². The molecule has 1 N–H and O–H groups in total. The van der Waals surface area contributed by atoms with E-state index >= 15 is 0 Å². The fourth-order valence-corrected chi connectivity index (χ4v) is 5.12. The van der Waals surface area contributed by atoms with Crippen molar-refractivity contribution in [2.75, 3.05) is 82.4 Å². The van der Waals surface area contributed by atoms with Crippen LogP contribution in [0.4, 0.5) is 10.8 Å². The number of rotatable bonds is 7. The van der Waals surface area contributed by atoms with Crippen molar-refractivity contribution >= 4 is 22.4 Å². The van der Waals surface area contributed by atoms with Crippen molar-refractivity contribution in [1.29, 1.82) is 0 Å². The zero-order valence-electron chi connectivity index (χ0n) is 18.6. The molecule has 1 aromatic heterocycles. The number of aliphatic hydroxyl groups excluding tert-OH is 1. The topological polar surface area (TPSA) is 68.2 Å². The maximum atomic E-state index is 10.7. The molecule has 170 valence electrons. The van der Waals surface area contributed by atoms with Gasteiger partial charge in [-0.15, -0.1) is 0 Å². The Hall–Kier alpha value is -1.94. The van der Waals surface area contributed by atoms with Crippen molar-refractivity contribution in [2.45, 2.75) is 19.4 Å². The Balaban J connectivity index is 1.19. The first-order chi connectivity index (χ1) is 15.1. The van der Waals surface area contributed by atoms with Gasteiger partial charge in [0.2, 0.25) is 5.13 Å². The second-order valence-electron chi connectivity index (χ2n) is 8.40. The monoisotopic (exact) mass is 446 g/mol. The molecule has 3 heterocycles. The van der Waals surface area contributed by atoms with Gasteiger partial charge in [-0.25, -0.2) is 4.98 Å². The van der Waals surface area contributed by atoms with Crippen molar-refractivity contribution in [3.8, 4) is 5.75 Å². The Bertz CT molecular complexity index is 809. The van der Waals surface area contributed by atoms with Crippen LogP contribution in [0.3, 0.4) is 0 Å². The van der Waals surface area contributed by atoms with Gasteiger partial charge in [0.05, 0.1) is 13.2 Å². The molecule has 2 aromatic rings. The zero-order valence-corrected chi connectivity index (χ0v) is 19.4. The number of anilines is 2. The Labute approximate surface area is 189 Å². The average molecular weight is 447 g/mol. The van der Waals surface area contributed by atoms with Gasteiger partial charge in [0.25, 0.3) is 0 Å². The van der Waals surface area contributed by atoms with Crippen LogP contribution >= 0.6 is 11.5 Å². The molecule has 2 aliphatic rings. The van der Waals surface area contributed by atoms with Gasteiger partial charge in [0, 0.05) is 76.1 Å². The molecule has 1 aromatic carbocycles. The molecule has 0 spiro atoms. The number of nitrogens with zero attached hydrogens (tertiary/aromatic N) is 6. The van der Waals surface area contributed by atoms with Crippen LogP contribution in [0.1, 0.15) is 12.2 Å². The lowest BCUT2D eigenvalue weighted by Crippen LogP contribution is -2.50. The van der Waals surface area contributed by atoms with E-state index < -0.39 is 0 Å². The predicted octanol–water partition coefficient (Wildman–Crippen LogP) is 1.55. The summed E-state index contributed by atoms with van der Waals surface area (Å²) in [6.45, 7) is 11.3. The normalized spacial score (nSPS) is 20.0. The van der Waals surface area contributed by atoms with E-state index in [0.29, 0.717) is 0 Å². The van der Waals surface area contributed by atoms with Gasteiger partial charge in [-0.1, -0.05) is 0 Å². The molecule has 2 saturated heterocycles. The molecule has 31 heavy (non-hydrogen) atoms. The summed E-state index contributed by atoms with van der Waals surface area (Å²) in [7, 11) is 1.69. The zero-order chi connectivity index (χ0) is 21.6. The minimum atomic E-state index is -0.317. The molecule has 2 fully saturated rings. The summed E-state index contributed by atoms with van der Waals surface area (Å²) in [5.41, 5.74) is 1.24. The van der Waals surface area contributed by atoms with Crippen LogP contribution in [-0.4, -0.2) is 103 Å². The lowest BCUT2D eigenvalue weighted by molar-refractivity contribution is 0.0738. The third kappa shape index (κ3) is 6.06. The van der Waals surface area contributed by atoms with Gasteiger partial charge in [0.15, 0.2) is 0 Å². The lowest BCUT2D eigenvalue weighted by atomic mass is 10.2. The largest absolute Gasteiger partial charge is 0.497 e. The molecule has 1 atom stereocenters. The van der Waals surface area contributed by atoms with Crippen molar-refractivity contribution in [2.24, 2.45) is 0 Å². The van der Waals surface area contributed by atoms with Crippen LogP contribution in [0.5, 0.6) is 5.75 Å². The quantitative estimate of drug-likeness (QED) is 0.687. The van der Waals surface area contributed by atoms with E-state index in [-0.39, 0.29) is 6.10 Å². The van der Waals surface area contributed by atoms with Gasteiger partial charge in [-0.2, -0.15) is 4.37 Å².